The summed E-state index contributed by atoms with van der Waals surface area (Å²) in [5, 5.41) is 0.0569. The van der Waals surface area contributed by atoms with Crippen molar-refractivity contribution < 1.29 is 13.2 Å². The lowest BCUT2D eigenvalue weighted by molar-refractivity contribution is -0.137. The molecule has 2 fully saturated rings. The molecule has 1 amide bonds. The minimum Gasteiger partial charge on any atom is -0.353 e. The largest absolute Gasteiger partial charge is 0.353 e. The Morgan fingerprint density at radius 1 is 1.13 bits per heavy atom. The topological polar surface area (TPSA) is 91.6 Å². The second-order valence-corrected chi connectivity index (χ2v) is 9.63. The van der Waals surface area contributed by atoms with Crippen LogP contribution in [-0.4, -0.2) is 77.3 Å². The Labute approximate surface area is 177 Å². The van der Waals surface area contributed by atoms with Crippen LogP contribution in [-0.2, 0) is 21.4 Å². The molecule has 0 aliphatic carbocycles. The van der Waals surface area contributed by atoms with E-state index >= 15 is 0 Å². The number of carbonyl (C=O) groups excluding carboxylic acids is 1. The molecule has 0 aromatic carbocycles. The van der Waals surface area contributed by atoms with Gasteiger partial charge < -0.3 is 14.4 Å². The number of aromatic nitrogens is 3. The molecule has 4 rings (SSSR count). The third-order valence-electron chi connectivity index (χ3n) is 5.88. The van der Waals surface area contributed by atoms with Crippen molar-refractivity contribution in [2.75, 3.05) is 44.2 Å². The molecule has 2 aromatic heterocycles. The van der Waals surface area contributed by atoms with Gasteiger partial charge in [0.2, 0.25) is 5.91 Å². The molecule has 2 aliphatic rings. The van der Waals surface area contributed by atoms with Crippen molar-refractivity contribution in [3.8, 4) is 0 Å². The van der Waals surface area contributed by atoms with E-state index in [2.05, 4.69) is 14.9 Å². The van der Waals surface area contributed by atoms with E-state index in [0.717, 1.165) is 18.9 Å². The molecule has 1 atom stereocenters. The fourth-order valence-corrected chi connectivity index (χ4v) is 5.55. The number of sulfonamides is 1. The van der Waals surface area contributed by atoms with Gasteiger partial charge in [-0.05, 0) is 31.9 Å². The second kappa shape index (κ2) is 8.73. The first-order valence-electron chi connectivity index (χ1n) is 10.5. The molecule has 9 nitrogen and oxygen atoms in total. The van der Waals surface area contributed by atoms with Crippen LogP contribution in [0.1, 0.15) is 19.8 Å². The number of carbonyl (C=O) groups is 1. The first-order chi connectivity index (χ1) is 14.5. The van der Waals surface area contributed by atoms with Crippen molar-refractivity contribution >= 4 is 21.7 Å². The van der Waals surface area contributed by atoms with Crippen LogP contribution in [0.25, 0.3) is 0 Å². The molecule has 4 heterocycles. The predicted octanol–water partition coefficient (Wildman–Crippen LogP) is 1.05. The first kappa shape index (κ1) is 20.8. The van der Waals surface area contributed by atoms with Crippen LogP contribution in [0.5, 0.6) is 0 Å². The number of hydrogen-bond donors (Lipinski definition) is 0. The van der Waals surface area contributed by atoms with Gasteiger partial charge in [-0.25, -0.2) is 18.4 Å². The van der Waals surface area contributed by atoms with Gasteiger partial charge in [0.15, 0.2) is 5.03 Å². The summed E-state index contributed by atoms with van der Waals surface area (Å²) >= 11 is 0. The Morgan fingerprint density at radius 2 is 1.93 bits per heavy atom. The number of anilines is 1. The van der Waals surface area contributed by atoms with Crippen molar-refractivity contribution in [2.45, 2.75) is 31.3 Å². The molecule has 0 radical (unpaired) electrons. The van der Waals surface area contributed by atoms with Crippen LogP contribution in [0, 0.1) is 5.92 Å². The molecule has 30 heavy (non-hydrogen) atoms. The van der Waals surface area contributed by atoms with Gasteiger partial charge in [0, 0.05) is 58.2 Å². The van der Waals surface area contributed by atoms with Gasteiger partial charge in [-0.15, -0.1) is 0 Å². The maximum atomic E-state index is 13.1. The number of nitrogens with zero attached hydrogens (tertiary/aromatic N) is 6. The lowest BCUT2D eigenvalue weighted by atomic mass is 9.98. The fourth-order valence-electron chi connectivity index (χ4n) is 4.10. The zero-order valence-electron chi connectivity index (χ0n) is 17.2. The van der Waals surface area contributed by atoms with Gasteiger partial charge >= 0.3 is 0 Å². The average molecular weight is 433 g/mol. The van der Waals surface area contributed by atoms with Gasteiger partial charge in [-0.1, -0.05) is 6.07 Å². The van der Waals surface area contributed by atoms with Gasteiger partial charge in [0.25, 0.3) is 10.0 Å². The summed E-state index contributed by atoms with van der Waals surface area (Å²) in [7, 11) is -3.68. The zero-order valence-corrected chi connectivity index (χ0v) is 18.0. The van der Waals surface area contributed by atoms with Gasteiger partial charge in [0.05, 0.1) is 12.2 Å². The molecule has 0 N–H and O–H groups in total. The van der Waals surface area contributed by atoms with Gasteiger partial charge in [-0.3, -0.25) is 4.79 Å². The molecular formula is C20H28N6O3S. The molecular weight excluding hydrogens is 404 g/mol. The highest BCUT2D eigenvalue weighted by atomic mass is 32.2. The molecule has 2 aliphatic heterocycles. The third-order valence-corrected chi connectivity index (χ3v) is 7.63. The van der Waals surface area contributed by atoms with E-state index in [1.54, 1.807) is 17.0 Å². The number of amides is 1. The summed E-state index contributed by atoms with van der Waals surface area (Å²) in [6.45, 7) is 5.95. The number of aryl methyl sites for hydroxylation is 1. The predicted molar refractivity (Wildman–Crippen MR) is 112 cm³/mol. The molecule has 1 unspecified atom stereocenters. The smallest absolute Gasteiger partial charge is 0.262 e. The number of imidazole rings is 1. The number of hydrogen-bond acceptors (Lipinski definition) is 6. The molecule has 0 spiro atoms. The summed E-state index contributed by atoms with van der Waals surface area (Å²) in [6, 6.07) is 5.82. The van der Waals surface area contributed by atoms with E-state index < -0.39 is 10.0 Å². The SMILES string of the molecule is CCn1cnc(S(=O)(=O)N2CCCC(C(=O)N3CCN(c4ccccn4)CC3)C2)c1. The van der Waals surface area contributed by atoms with E-state index in [1.807, 2.05) is 30.0 Å². The van der Waals surface area contributed by atoms with Crippen molar-refractivity contribution in [3.63, 3.8) is 0 Å². The third kappa shape index (κ3) is 4.20. The van der Waals surface area contributed by atoms with Crippen LogP contribution < -0.4 is 4.90 Å². The van der Waals surface area contributed by atoms with Crippen LogP contribution in [0.15, 0.2) is 41.9 Å². The fraction of sp³-hybridized carbons (Fsp3) is 0.550. The summed E-state index contributed by atoms with van der Waals surface area (Å²) < 4.78 is 29.1. The molecule has 0 bridgehead atoms. The minimum absolute atomic E-state index is 0.0506. The Balaban J connectivity index is 1.38. The zero-order chi connectivity index (χ0) is 21.1. The summed E-state index contributed by atoms with van der Waals surface area (Å²) in [6.07, 6.45) is 6.25. The van der Waals surface area contributed by atoms with E-state index in [0.29, 0.717) is 39.0 Å². The minimum atomic E-state index is -3.68. The summed E-state index contributed by atoms with van der Waals surface area (Å²) in [5.41, 5.74) is 0. The van der Waals surface area contributed by atoms with E-state index in [-0.39, 0.29) is 23.4 Å². The Bertz CT molecular complexity index is 969. The number of piperidine rings is 1. The van der Waals surface area contributed by atoms with Crippen LogP contribution in [0.4, 0.5) is 5.82 Å². The van der Waals surface area contributed by atoms with Gasteiger partial charge in [-0.2, -0.15) is 4.31 Å². The van der Waals surface area contributed by atoms with E-state index in [1.165, 1.54) is 10.6 Å². The van der Waals surface area contributed by atoms with Crippen LogP contribution >= 0.6 is 0 Å². The quantitative estimate of drug-likeness (QED) is 0.701. The summed E-state index contributed by atoms with van der Waals surface area (Å²) in [4.78, 5) is 25.6. The Kier molecular flexibility index (Phi) is 6.05. The lowest BCUT2D eigenvalue weighted by Crippen LogP contribution is -2.53. The van der Waals surface area contributed by atoms with Crippen molar-refractivity contribution in [1.29, 1.82) is 0 Å². The molecule has 0 saturated carbocycles. The Hall–Kier alpha value is -2.46. The standard InChI is InChI=1S/C20H28N6O3S/c1-2-23-15-19(22-16-23)30(28,29)26-9-5-6-17(14-26)20(27)25-12-10-24(11-13-25)18-7-3-4-8-21-18/h3-4,7-8,15-17H,2,5-6,9-14H2,1H3. The van der Waals surface area contributed by atoms with Crippen molar-refractivity contribution in [2.24, 2.45) is 5.92 Å². The average Bonchev–Trinajstić information content (AvgIpc) is 3.30. The maximum absolute atomic E-state index is 13.1. The number of pyridine rings is 1. The Morgan fingerprint density at radius 3 is 2.60 bits per heavy atom. The second-order valence-electron chi connectivity index (χ2n) is 7.74. The highest BCUT2D eigenvalue weighted by Gasteiger charge is 2.36. The molecule has 10 heteroatoms. The molecule has 2 saturated heterocycles. The molecule has 162 valence electrons. The highest BCUT2D eigenvalue weighted by molar-refractivity contribution is 7.89. The lowest BCUT2D eigenvalue weighted by Gasteiger charge is -2.39. The maximum Gasteiger partial charge on any atom is 0.262 e. The normalized spacial score (nSPS) is 21.0. The monoisotopic (exact) mass is 432 g/mol. The number of rotatable bonds is 5. The van der Waals surface area contributed by atoms with Gasteiger partial charge in [0.1, 0.15) is 5.82 Å². The highest BCUT2D eigenvalue weighted by Crippen LogP contribution is 2.25. The first-order valence-corrected chi connectivity index (χ1v) is 11.9. The van der Waals surface area contributed by atoms with Crippen molar-refractivity contribution in [1.82, 2.24) is 23.7 Å². The van der Waals surface area contributed by atoms with E-state index in [4.69, 9.17) is 0 Å². The van der Waals surface area contributed by atoms with Crippen LogP contribution in [0.3, 0.4) is 0 Å². The molecule has 2 aromatic rings. The summed E-state index contributed by atoms with van der Waals surface area (Å²) in [5.74, 6) is 0.670. The van der Waals surface area contributed by atoms with Crippen molar-refractivity contribution in [3.05, 3.63) is 36.9 Å². The van der Waals surface area contributed by atoms with E-state index in [9.17, 15) is 13.2 Å². The van der Waals surface area contributed by atoms with Crippen LogP contribution in [0.2, 0.25) is 0 Å². The number of piperazine rings is 1.